The van der Waals surface area contributed by atoms with Crippen molar-refractivity contribution in [3.8, 4) is 0 Å². The summed E-state index contributed by atoms with van der Waals surface area (Å²) in [5.41, 5.74) is 5.03. The van der Waals surface area contributed by atoms with Crippen molar-refractivity contribution in [2.24, 2.45) is 11.7 Å². The van der Waals surface area contributed by atoms with Crippen molar-refractivity contribution in [2.75, 3.05) is 7.05 Å². The molecule has 4 N–H and O–H groups in total. The number of rotatable bonds is 5. The Hall–Kier alpha value is -1.10. The number of primary amides is 1. The van der Waals surface area contributed by atoms with Crippen molar-refractivity contribution in [3.05, 3.63) is 0 Å². The van der Waals surface area contributed by atoms with Crippen LogP contribution < -0.4 is 16.4 Å². The Balaban J connectivity index is 4.24. The third-order valence-corrected chi connectivity index (χ3v) is 2.05. The first-order valence-electron chi connectivity index (χ1n) is 4.67. The fourth-order valence-electron chi connectivity index (χ4n) is 1.14. The van der Waals surface area contributed by atoms with Gasteiger partial charge < -0.3 is 16.4 Å². The van der Waals surface area contributed by atoms with Gasteiger partial charge in [-0.15, -0.1) is 0 Å². The summed E-state index contributed by atoms with van der Waals surface area (Å²) >= 11 is 0. The van der Waals surface area contributed by atoms with Crippen LogP contribution in [0.3, 0.4) is 0 Å². The van der Waals surface area contributed by atoms with Gasteiger partial charge in [0.25, 0.3) is 0 Å². The van der Waals surface area contributed by atoms with Gasteiger partial charge in [-0.2, -0.15) is 0 Å². The molecule has 0 saturated carbocycles. The molecule has 2 atom stereocenters. The Morgan fingerprint density at radius 1 is 1.21 bits per heavy atom. The van der Waals surface area contributed by atoms with E-state index in [0.29, 0.717) is 0 Å². The smallest absolute Gasteiger partial charge is 0.239 e. The van der Waals surface area contributed by atoms with E-state index in [1.165, 1.54) is 0 Å². The van der Waals surface area contributed by atoms with Crippen molar-refractivity contribution >= 4 is 11.8 Å². The largest absolute Gasteiger partial charge is 0.368 e. The predicted octanol–water partition coefficient (Wildman–Crippen LogP) is -0.780. The Morgan fingerprint density at radius 3 is 2.00 bits per heavy atom. The molecule has 1 unspecified atom stereocenters. The van der Waals surface area contributed by atoms with Crippen LogP contribution in [0.1, 0.15) is 20.8 Å². The molecule has 0 aromatic heterocycles. The zero-order valence-electron chi connectivity index (χ0n) is 9.13. The number of nitrogens with one attached hydrogen (secondary N) is 2. The lowest BCUT2D eigenvalue weighted by atomic mass is 10.0. The summed E-state index contributed by atoms with van der Waals surface area (Å²) in [4.78, 5) is 22.3. The molecular weight excluding hydrogens is 182 g/mol. The first-order chi connectivity index (χ1) is 6.40. The highest BCUT2D eigenvalue weighted by Gasteiger charge is 2.22. The van der Waals surface area contributed by atoms with Crippen LogP contribution in [0.5, 0.6) is 0 Å². The maximum atomic E-state index is 11.5. The molecule has 0 aromatic carbocycles. The second kappa shape index (κ2) is 5.59. The Bertz CT molecular complexity index is 216. The average Bonchev–Trinajstić information content (AvgIpc) is 2.04. The van der Waals surface area contributed by atoms with Gasteiger partial charge in [0.15, 0.2) is 0 Å². The number of carbonyl (C=O) groups excluding carboxylic acids is 2. The molecule has 0 aliphatic rings. The molecular formula is C9H19N3O2. The molecule has 0 rings (SSSR count). The topological polar surface area (TPSA) is 84.2 Å². The molecule has 0 heterocycles. The minimum atomic E-state index is -0.628. The molecule has 2 amide bonds. The van der Waals surface area contributed by atoms with Crippen molar-refractivity contribution in [1.82, 2.24) is 10.6 Å². The standard InChI is InChI=1S/C9H19N3O2/c1-5(2)7(11-4)9(14)12-6(3)8(10)13/h5-7,11H,1-4H3,(H2,10,13)(H,12,14)/t6-,7?/m0/s1. The number of carbonyl (C=O) groups is 2. The number of hydrogen-bond donors (Lipinski definition) is 3. The fraction of sp³-hybridized carbons (Fsp3) is 0.778. The minimum Gasteiger partial charge on any atom is -0.368 e. The van der Waals surface area contributed by atoms with Gasteiger partial charge in [0.05, 0.1) is 6.04 Å². The van der Waals surface area contributed by atoms with Crippen LogP contribution in [0.4, 0.5) is 0 Å². The number of hydrogen-bond acceptors (Lipinski definition) is 3. The van der Waals surface area contributed by atoms with E-state index in [-0.39, 0.29) is 17.9 Å². The van der Waals surface area contributed by atoms with Crippen LogP contribution >= 0.6 is 0 Å². The summed E-state index contributed by atoms with van der Waals surface area (Å²) < 4.78 is 0. The quantitative estimate of drug-likeness (QED) is 0.545. The summed E-state index contributed by atoms with van der Waals surface area (Å²) in [5.74, 6) is -0.564. The van der Waals surface area contributed by atoms with Gasteiger partial charge in [-0.25, -0.2) is 0 Å². The first kappa shape index (κ1) is 12.9. The number of amides is 2. The molecule has 0 spiro atoms. The third kappa shape index (κ3) is 3.74. The lowest BCUT2D eigenvalue weighted by molar-refractivity contribution is -0.128. The Morgan fingerprint density at radius 2 is 1.71 bits per heavy atom. The van der Waals surface area contributed by atoms with Gasteiger partial charge in [-0.3, -0.25) is 9.59 Å². The van der Waals surface area contributed by atoms with Crippen LogP contribution in [0.2, 0.25) is 0 Å². The fourth-order valence-corrected chi connectivity index (χ4v) is 1.14. The lowest BCUT2D eigenvalue weighted by Gasteiger charge is -2.21. The van der Waals surface area contributed by atoms with E-state index < -0.39 is 11.9 Å². The van der Waals surface area contributed by atoms with Crippen molar-refractivity contribution in [3.63, 3.8) is 0 Å². The monoisotopic (exact) mass is 201 g/mol. The second-order valence-electron chi connectivity index (χ2n) is 3.64. The highest BCUT2D eigenvalue weighted by Crippen LogP contribution is 2.00. The van der Waals surface area contributed by atoms with E-state index >= 15 is 0 Å². The molecule has 0 radical (unpaired) electrons. The normalized spacial score (nSPS) is 14.9. The van der Waals surface area contributed by atoms with Crippen LogP contribution in [-0.2, 0) is 9.59 Å². The molecule has 82 valence electrons. The Labute approximate surface area is 84.4 Å². The molecule has 0 aromatic rings. The van der Waals surface area contributed by atoms with Gasteiger partial charge in [0, 0.05) is 0 Å². The Kier molecular flexibility index (Phi) is 5.15. The molecule has 0 aliphatic carbocycles. The molecule has 5 nitrogen and oxygen atoms in total. The van der Waals surface area contributed by atoms with Gasteiger partial charge >= 0.3 is 0 Å². The summed E-state index contributed by atoms with van der Waals surface area (Å²) in [7, 11) is 1.71. The van der Waals surface area contributed by atoms with Crippen LogP contribution in [0, 0.1) is 5.92 Å². The van der Waals surface area contributed by atoms with E-state index in [0.717, 1.165) is 0 Å². The summed E-state index contributed by atoms with van der Waals surface area (Å²) in [6.45, 7) is 5.42. The van der Waals surface area contributed by atoms with E-state index in [4.69, 9.17) is 5.73 Å². The summed E-state index contributed by atoms with van der Waals surface area (Å²) in [6.07, 6.45) is 0. The molecule has 0 aliphatic heterocycles. The first-order valence-corrected chi connectivity index (χ1v) is 4.67. The van der Waals surface area contributed by atoms with Gasteiger partial charge in [-0.1, -0.05) is 13.8 Å². The predicted molar refractivity (Wildman–Crippen MR) is 54.5 cm³/mol. The summed E-state index contributed by atoms with van der Waals surface area (Å²) in [5, 5.41) is 5.42. The summed E-state index contributed by atoms with van der Waals surface area (Å²) in [6, 6.07) is -0.922. The van der Waals surface area contributed by atoms with Gasteiger partial charge in [0.2, 0.25) is 11.8 Å². The van der Waals surface area contributed by atoms with Crippen molar-refractivity contribution < 1.29 is 9.59 Å². The van der Waals surface area contributed by atoms with Crippen LogP contribution in [-0.4, -0.2) is 30.9 Å². The van der Waals surface area contributed by atoms with E-state index in [9.17, 15) is 9.59 Å². The van der Waals surface area contributed by atoms with E-state index in [1.807, 2.05) is 13.8 Å². The van der Waals surface area contributed by atoms with Crippen LogP contribution in [0.25, 0.3) is 0 Å². The number of likely N-dealkylation sites (N-methyl/N-ethyl adjacent to an activating group) is 1. The highest BCUT2D eigenvalue weighted by atomic mass is 16.2. The molecule has 0 fully saturated rings. The molecule has 0 bridgehead atoms. The molecule has 0 saturated heterocycles. The van der Waals surface area contributed by atoms with Crippen LogP contribution in [0.15, 0.2) is 0 Å². The second-order valence-corrected chi connectivity index (χ2v) is 3.64. The van der Waals surface area contributed by atoms with Gasteiger partial charge in [0.1, 0.15) is 6.04 Å². The SMILES string of the molecule is CNC(C(=O)N[C@@H](C)C(N)=O)C(C)C. The van der Waals surface area contributed by atoms with E-state index in [1.54, 1.807) is 14.0 Å². The molecule has 14 heavy (non-hydrogen) atoms. The third-order valence-electron chi connectivity index (χ3n) is 2.05. The number of nitrogens with two attached hydrogens (primary N) is 1. The minimum absolute atomic E-state index is 0.167. The zero-order valence-corrected chi connectivity index (χ0v) is 9.13. The average molecular weight is 201 g/mol. The van der Waals surface area contributed by atoms with Gasteiger partial charge in [-0.05, 0) is 19.9 Å². The van der Waals surface area contributed by atoms with Crippen molar-refractivity contribution in [2.45, 2.75) is 32.9 Å². The van der Waals surface area contributed by atoms with Crippen molar-refractivity contribution in [1.29, 1.82) is 0 Å². The van der Waals surface area contributed by atoms with E-state index in [2.05, 4.69) is 10.6 Å². The zero-order chi connectivity index (χ0) is 11.3. The molecule has 5 heteroatoms. The lowest BCUT2D eigenvalue weighted by Crippen LogP contribution is -2.51. The maximum Gasteiger partial charge on any atom is 0.239 e. The highest BCUT2D eigenvalue weighted by molar-refractivity contribution is 5.88. The maximum absolute atomic E-state index is 11.5.